The molecule has 2 aromatic carbocycles. The highest BCUT2D eigenvalue weighted by Gasteiger charge is 2.11. The Bertz CT molecular complexity index is 805. The van der Waals surface area contributed by atoms with E-state index < -0.39 is 24.4 Å². The molecule has 2 rings (SSSR count). The Labute approximate surface area is 169 Å². The van der Waals surface area contributed by atoms with Gasteiger partial charge in [-0.2, -0.15) is 0 Å². The quantitative estimate of drug-likeness (QED) is 0.494. The number of nitrogens with one attached hydrogen (secondary N) is 2. The maximum Gasteiger partial charge on any atom is 0.344 e. The number of ether oxygens (including phenoxy) is 2. The third-order valence-electron chi connectivity index (χ3n) is 4.04. The molecule has 0 aliphatic rings. The van der Waals surface area contributed by atoms with Crippen LogP contribution in [-0.2, 0) is 14.3 Å². The van der Waals surface area contributed by atoms with Crippen LogP contribution in [0.3, 0.4) is 0 Å². The van der Waals surface area contributed by atoms with Gasteiger partial charge in [-0.3, -0.25) is 20.4 Å². The van der Waals surface area contributed by atoms with Crippen molar-refractivity contribution in [2.75, 3.05) is 31.2 Å². The monoisotopic (exact) mass is 399 g/mol. The zero-order chi connectivity index (χ0) is 21.1. The van der Waals surface area contributed by atoms with E-state index in [9.17, 15) is 14.4 Å². The van der Waals surface area contributed by atoms with Crippen molar-refractivity contribution in [2.45, 2.75) is 13.8 Å². The van der Waals surface area contributed by atoms with Gasteiger partial charge in [0.05, 0.1) is 0 Å². The van der Waals surface area contributed by atoms with Crippen molar-refractivity contribution in [3.05, 3.63) is 60.2 Å². The van der Waals surface area contributed by atoms with Crippen molar-refractivity contribution in [3.63, 3.8) is 0 Å². The lowest BCUT2D eigenvalue weighted by Gasteiger charge is -2.21. The first-order valence-electron chi connectivity index (χ1n) is 9.31. The van der Waals surface area contributed by atoms with Crippen LogP contribution in [0.1, 0.15) is 24.2 Å². The Kier molecular flexibility index (Phi) is 8.50. The average molecular weight is 399 g/mol. The highest BCUT2D eigenvalue weighted by Crippen LogP contribution is 2.14. The third kappa shape index (κ3) is 7.17. The van der Waals surface area contributed by atoms with Crippen LogP contribution in [-0.4, -0.2) is 44.1 Å². The third-order valence-corrected chi connectivity index (χ3v) is 4.04. The summed E-state index contributed by atoms with van der Waals surface area (Å²) in [7, 11) is 0. The molecule has 0 aliphatic carbocycles. The first-order chi connectivity index (χ1) is 14.0. The standard InChI is InChI=1S/C21H25N3O5/c1-3-24(4-2)17-12-10-16(11-13-17)21(27)23-22-19(25)14-29-20(26)15-28-18-8-6-5-7-9-18/h5-13H,3-4,14-15H2,1-2H3,(H,22,25)(H,23,27). The molecule has 8 heteroatoms. The molecule has 2 N–H and O–H groups in total. The number of carbonyl (C=O) groups excluding carboxylic acids is 3. The summed E-state index contributed by atoms with van der Waals surface area (Å²) >= 11 is 0. The number of hydrogen-bond donors (Lipinski definition) is 2. The van der Waals surface area contributed by atoms with Crippen molar-refractivity contribution in [2.24, 2.45) is 0 Å². The van der Waals surface area contributed by atoms with E-state index in [0.717, 1.165) is 18.8 Å². The molecule has 0 bridgehead atoms. The van der Waals surface area contributed by atoms with E-state index in [4.69, 9.17) is 9.47 Å². The van der Waals surface area contributed by atoms with Gasteiger partial charge in [0, 0.05) is 24.3 Å². The second kappa shape index (κ2) is 11.3. The van der Waals surface area contributed by atoms with Crippen molar-refractivity contribution in [3.8, 4) is 5.75 Å². The van der Waals surface area contributed by atoms with Crippen molar-refractivity contribution in [1.82, 2.24) is 10.9 Å². The fourth-order valence-corrected chi connectivity index (χ4v) is 2.49. The lowest BCUT2D eigenvalue weighted by Crippen LogP contribution is -2.43. The van der Waals surface area contributed by atoms with Gasteiger partial charge >= 0.3 is 5.97 Å². The van der Waals surface area contributed by atoms with Crippen LogP contribution in [0, 0.1) is 0 Å². The summed E-state index contributed by atoms with van der Waals surface area (Å²) in [4.78, 5) is 37.6. The lowest BCUT2D eigenvalue weighted by molar-refractivity contribution is -0.150. The number of benzene rings is 2. The van der Waals surface area contributed by atoms with Crippen molar-refractivity contribution >= 4 is 23.5 Å². The van der Waals surface area contributed by atoms with Crippen LogP contribution in [0.15, 0.2) is 54.6 Å². The number of rotatable bonds is 9. The number of para-hydroxylation sites is 1. The van der Waals surface area contributed by atoms with E-state index in [1.807, 2.05) is 18.2 Å². The van der Waals surface area contributed by atoms with E-state index in [0.29, 0.717) is 11.3 Å². The van der Waals surface area contributed by atoms with Crippen molar-refractivity contribution < 1.29 is 23.9 Å². The Balaban J connectivity index is 1.70. The first-order valence-corrected chi connectivity index (χ1v) is 9.31. The summed E-state index contributed by atoms with van der Waals surface area (Å²) in [5.41, 5.74) is 5.90. The number of nitrogens with zero attached hydrogens (tertiary/aromatic N) is 1. The number of carbonyl (C=O) groups is 3. The largest absolute Gasteiger partial charge is 0.482 e. The minimum Gasteiger partial charge on any atom is -0.482 e. The number of hydrazine groups is 1. The summed E-state index contributed by atoms with van der Waals surface area (Å²) in [6.45, 7) is 5.00. The predicted octanol–water partition coefficient (Wildman–Crippen LogP) is 1.92. The van der Waals surface area contributed by atoms with E-state index in [-0.39, 0.29) is 6.61 Å². The van der Waals surface area contributed by atoms with Gasteiger partial charge in [-0.25, -0.2) is 4.79 Å². The summed E-state index contributed by atoms with van der Waals surface area (Å²) in [5.74, 6) is -1.30. The Hall–Kier alpha value is -3.55. The zero-order valence-corrected chi connectivity index (χ0v) is 16.5. The average Bonchev–Trinajstić information content (AvgIpc) is 2.76. The molecule has 0 aromatic heterocycles. The second-order valence-electron chi connectivity index (χ2n) is 5.98. The van der Waals surface area contributed by atoms with Gasteiger partial charge in [-0.05, 0) is 50.2 Å². The smallest absolute Gasteiger partial charge is 0.344 e. The maximum atomic E-state index is 12.1. The first kappa shape index (κ1) is 21.7. The van der Waals surface area contributed by atoms with Gasteiger partial charge in [0.15, 0.2) is 13.2 Å². The summed E-state index contributed by atoms with van der Waals surface area (Å²) in [6.07, 6.45) is 0. The molecular weight excluding hydrogens is 374 g/mol. The molecule has 0 aliphatic heterocycles. The van der Waals surface area contributed by atoms with E-state index in [1.54, 1.807) is 36.4 Å². The molecule has 154 valence electrons. The minimum atomic E-state index is -0.692. The minimum absolute atomic E-state index is 0.317. The Morgan fingerprint density at radius 2 is 1.52 bits per heavy atom. The molecule has 29 heavy (non-hydrogen) atoms. The van der Waals surface area contributed by atoms with E-state index in [2.05, 4.69) is 29.6 Å². The van der Waals surface area contributed by atoms with Gasteiger partial charge in [-0.15, -0.1) is 0 Å². The van der Waals surface area contributed by atoms with E-state index >= 15 is 0 Å². The number of esters is 1. The molecule has 8 nitrogen and oxygen atoms in total. The number of anilines is 1. The van der Waals surface area contributed by atoms with Gasteiger partial charge < -0.3 is 14.4 Å². The normalized spacial score (nSPS) is 10.0. The summed E-state index contributed by atoms with van der Waals surface area (Å²) in [5, 5.41) is 0. The Morgan fingerprint density at radius 3 is 2.14 bits per heavy atom. The van der Waals surface area contributed by atoms with Crippen molar-refractivity contribution in [1.29, 1.82) is 0 Å². The van der Waals surface area contributed by atoms with Crippen LogP contribution in [0.4, 0.5) is 5.69 Å². The van der Waals surface area contributed by atoms with Crippen LogP contribution in [0.5, 0.6) is 5.75 Å². The van der Waals surface area contributed by atoms with Crippen LogP contribution < -0.4 is 20.5 Å². The van der Waals surface area contributed by atoms with Crippen LogP contribution in [0.25, 0.3) is 0 Å². The predicted molar refractivity (Wildman–Crippen MR) is 109 cm³/mol. The van der Waals surface area contributed by atoms with Crippen LogP contribution >= 0.6 is 0 Å². The molecule has 0 atom stereocenters. The van der Waals surface area contributed by atoms with Crippen LogP contribution in [0.2, 0.25) is 0 Å². The number of hydrogen-bond acceptors (Lipinski definition) is 6. The fraction of sp³-hybridized carbons (Fsp3) is 0.286. The molecule has 2 aromatic rings. The highest BCUT2D eigenvalue weighted by atomic mass is 16.6. The molecule has 0 spiro atoms. The molecular formula is C21H25N3O5. The number of amides is 2. The molecule has 0 saturated carbocycles. The Morgan fingerprint density at radius 1 is 0.862 bits per heavy atom. The van der Waals surface area contributed by atoms with Gasteiger partial charge in [0.25, 0.3) is 11.8 Å². The molecule has 0 radical (unpaired) electrons. The summed E-state index contributed by atoms with van der Waals surface area (Å²) < 4.78 is 10.0. The SMILES string of the molecule is CCN(CC)c1ccc(C(=O)NNC(=O)COC(=O)COc2ccccc2)cc1. The summed E-state index contributed by atoms with van der Waals surface area (Å²) in [6, 6.07) is 15.8. The molecule has 0 unspecified atom stereocenters. The van der Waals surface area contributed by atoms with E-state index in [1.165, 1.54) is 0 Å². The molecule has 0 saturated heterocycles. The van der Waals surface area contributed by atoms with Gasteiger partial charge in [-0.1, -0.05) is 18.2 Å². The molecule has 0 fully saturated rings. The zero-order valence-electron chi connectivity index (χ0n) is 16.5. The van der Waals surface area contributed by atoms with Gasteiger partial charge in [0.2, 0.25) is 0 Å². The molecule has 0 heterocycles. The molecule has 2 amide bonds. The maximum absolute atomic E-state index is 12.1. The highest BCUT2D eigenvalue weighted by molar-refractivity contribution is 5.95. The second-order valence-corrected chi connectivity index (χ2v) is 5.98. The van der Waals surface area contributed by atoms with Gasteiger partial charge in [0.1, 0.15) is 5.75 Å². The lowest BCUT2D eigenvalue weighted by atomic mass is 10.2. The fourth-order valence-electron chi connectivity index (χ4n) is 2.49. The topological polar surface area (TPSA) is 97.0 Å².